The number of nitrogens with zero attached hydrogens (tertiary/aromatic N) is 3. The molecule has 6 rings (SSSR count). The van der Waals surface area contributed by atoms with Crippen LogP contribution in [0.2, 0.25) is 0 Å². The van der Waals surface area contributed by atoms with Crippen molar-refractivity contribution in [1.29, 1.82) is 0 Å². The van der Waals surface area contributed by atoms with Gasteiger partial charge in [0, 0.05) is 18.7 Å². The molecule has 2 aliphatic heterocycles. The van der Waals surface area contributed by atoms with Gasteiger partial charge in [0.15, 0.2) is 22.9 Å². The summed E-state index contributed by atoms with van der Waals surface area (Å²) in [5.74, 6) is 0.974. The third-order valence-electron chi connectivity index (χ3n) is 8.18. The molecule has 3 heterocycles. The first kappa shape index (κ1) is 32.8. The van der Waals surface area contributed by atoms with E-state index in [-0.39, 0.29) is 30.3 Å². The molecule has 248 valence electrons. The van der Waals surface area contributed by atoms with E-state index in [0.29, 0.717) is 50.0 Å². The van der Waals surface area contributed by atoms with E-state index in [9.17, 15) is 14.4 Å². The number of carbonyl (C=O) groups excluding carboxylic acids is 2. The second-order valence-electron chi connectivity index (χ2n) is 11.2. The van der Waals surface area contributed by atoms with E-state index in [1.165, 1.54) is 11.3 Å². The molecule has 4 aromatic rings. The highest BCUT2D eigenvalue weighted by atomic mass is 32.1. The van der Waals surface area contributed by atoms with Gasteiger partial charge in [0.05, 0.1) is 42.2 Å². The summed E-state index contributed by atoms with van der Waals surface area (Å²) in [4.78, 5) is 47.7. The lowest BCUT2D eigenvalue weighted by Crippen LogP contribution is -2.40. The molecule has 1 atom stereocenters. The van der Waals surface area contributed by atoms with Crippen LogP contribution in [0, 0.1) is 0 Å². The lowest BCUT2D eigenvalue weighted by Gasteiger charge is -2.26. The monoisotopic (exact) mass is 667 g/mol. The van der Waals surface area contributed by atoms with Gasteiger partial charge < -0.3 is 23.8 Å². The number of hydrogen-bond donors (Lipinski definition) is 0. The largest absolute Gasteiger partial charge is 0.497 e. The Bertz CT molecular complexity index is 2010. The van der Waals surface area contributed by atoms with Gasteiger partial charge in [-0.25, -0.2) is 9.79 Å². The molecule has 11 heteroatoms. The van der Waals surface area contributed by atoms with Gasteiger partial charge >= 0.3 is 5.97 Å². The van der Waals surface area contributed by atoms with Gasteiger partial charge in [-0.1, -0.05) is 59.9 Å². The molecule has 1 aromatic heterocycles. The average molecular weight is 668 g/mol. The summed E-state index contributed by atoms with van der Waals surface area (Å²) in [5, 5.41) is 0. The van der Waals surface area contributed by atoms with Gasteiger partial charge in [0.25, 0.3) is 11.5 Å². The standard InChI is InChI=1S/C37H37N3O7S/c1-4-45-29-21-24(13-18-28(29)47-23-31(41)39-19-9-10-20-39)22-30-35(42)40-34(26-14-16-27(44-3)17-15-26)32(36(43)46-5-2)33(38-37(40)48-30)25-11-7-6-8-12-25/h6-8,11-18,21-22,34H,4-5,9-10,19-20,23H2,1-3H3/b30-22+/t34-/m0/s1. The predicted octanol–water partition coefficient (Wildman–Crippen LogP) is 4.34. The zero-order valence-electron chi connectivity index (χ0n) is 27.1. The van der Waals surface area contributed by atoms with Crippen LogP contribution in [0.1, 0.15) is 49.4 Å². The maximum atomic E-state index is 14.3. The third-order valence-corrected chi connectivity index (χ3v) is 9.16. The number of methoxy groups -OCH3 is 1. The van der Waals surface area contributed by atoms with Crippen molar-refractivity contribution >= 4 is 35.0 Å². The molecule has 1 saturated heterocycles. The Kier molecular flexibility index (Phi) is 10.1. The van der Waals surface area contributed by atoms with E-state index in [4.69, 9.17) is 23.9 Å². The maximum Gasteiger partial charge on any atom is 0.338 e. The first-order valence-corrected chi connectivity index (χ1v) is 16.8. The van der Waals surface area contributed by atoms with E-state index < -0.39 is 12.0 Å². The van der Waals surface area contributed by atoms with Crippen LogP contribution in [-0.2, 0) is 14.3 Å². The zero-order chi connectivity index (χ0) is 33.6. The minimum atomic E-state index is -0.800. The van der Waals surface area contributed by atoms with Crippen molar-refractivity contribution in [1.82, 2.24) is 9.47 Å². The minimum absolute atomic E-state index is 0.0522. The van der Waals surface area contributed by atoms with Gasteiger partial charge in [-0.3, -0.25) is 14.2 Å². The second kappa shape index (κ2) is 14.7. The van der Waals surface area contributed by atoms with Crippen molar-refractivity contribution in [2.45, 2.75) is 32.7 Å². The molecular weight excluding hydrogens is 630 g/mol. The number of rotatable bonds is 11. The highest BCUT2D eigenvalue weighted by Crippen LogP contribution is 2.36. The summed E-state index contributed by atoms with van der Waals surface area (Å²) in [6, 6.07) is 21.3. The molecule has 0 bridgehead atoms. The number of likely N-dealkylation sites (tertiary alicyclic amines) is 1. The first-order chi connectivity index (χ1) is 23.4. The number of aromatic nitrogens is 1. The Morgan fingerprint density at radius 2 is 1.69 bits per heavy atom. The summed E-state index contributed by atoms with van der Waals surface area (Å²) >= 11 is 1.24. The summed E-state index contributed by atoms with van der Waals surface area (Å²) < 4.78 is 24.7. The highest BCUT2D eigenvalue weighted by molar-refractivity contribution is 7.07. The van der Waals surface area contributed by atoms with Gasteiger partial charge in [0.2, 0.25) is 0 Å². The molecular formula is C37H37N3O7S. The number of benzene rings is 3. The molecule has 2 aliphatic rings. The molecule has 10 nitrogen and oxygen atoms in total. The number of fused-ring (bicyclic) bond motifs is 1. The fraction of sp³-hybridized carbons (Fsp3) is 0.297. The number of ether oxygens (including phenoxy) is 4. The van der Waals surface area contributed by atoms with Crippen LogP contribution in [0.4, 0.5) is 0 Å². The van der Waals surface area contributed by atoms with Gasteiger partial charge in [-0.05, 0) is 68.2 Å². The number of carbonyl (C=O) groups is 2. The van der Waals surface area contributed by atoms with Gasteiger partial charge in [0.1, 0.15) is 5.75 Å². The van der Waals surface area contributed by atoms with E-state index >= 15 is 0 Å². The van der Waals surface area contributed by atoms with Crippen molar-refractivity contribution in [2.75, 3.05) is 40.0 Å². The molecule has 1 fully saturated rings. The zero-order valence-corrected chi connectivity index (χ0v) is 28.0. The first-order valence-electron chi connectivity index (χ1n) is 16.0. The Morgan fingerprint density at radius 3 is 2.38 bits per heavy atom. The molecule has 1 amide bonds. The Balaban J connectivity index is 1.45. The molecule has 0 radical (unpaired) electrons. The van der Waals surface area contributed by atoms with E-state index in [1.54, 1.807) is 48.9 Å². The Labute approximate surface area is 282 Å². The summed E-state index contributed by atoms with van der Waals surface area (Å²) in [6.45, 7) is 5.61. The molecule has 3 aromatic carbocycles. The van der Waals surface area contributed by atoms with Crippen molar-refractivity contribution in [3.05, 3.63) is 115 Å². The third kappa shape index (κ3) is 6.77. The Hall–Kier alpha value is -5.16. The normalized spacial score (nSPS) is 15.9. The van der Waals surface area contributed by atoms with Crippen LogP contribution in [0.25, 0.3) is 11.8 Å². The fourth-order valence-electron chi connectivity index (χ4n) is 5.89. The van der Waals surface area contributed by atoms with E-state index in [2.05, 4.69) is 0 Å². The summed E-state index contributed by atoms with van der Waals surface area (Å²) in [5.41, 5.74) is 2.57. The van der Waals surface area contributed by atoms with Crippen LogP contribution in [0.3, 0.4) is 0 Å². The van der Waals surface area contributed by atoms with Gasteiger partial charge in [-0.2, -0.15) is 0 Å². The molecule has 0 N–H and O–H groups in total. The maximum absolute atomic E-state index is 14.3. The molecule has 0 aliphatic carbocycles. The number of thiazole rings is 1. The number of hydrogen-bond acceptors (Lipinski definition) is 9. The lowest BCUT2D eigenvalue weighted by atomic mass is 9.93. The molecule has 48 heavy (non-hydrogen) atoms. The second-order valence-corrected chi connectivity index (χ2v) is 12.2. The van der Waals surface area contributed by atoms with Crippen LogP contribution in [-0.4, -0.2) is 61.4 Å². The van der Waals surface area contributed by atoms with Crippen LogP contribution in [0.5, 0.6) is 17.2 Å². The van der Waals surface area contributed by atoms with Crippen molar-refractivity contribution in [2.24, 2.45) is 4.99 Å². The summed E-state index contributed by atoms with van der Waals surface area (Å²) in [7, 11) is 1.58. The Morgan fingerprint density at radius 1 is 0.938 bits per heavy atom. The SMILES string of the molecule is CCOC(=O)C1=C(c2ccccc2)N=c2s/c(=C/c3ccc(OCC(=O)N4CCCC4)c(OCC)c3)c(=O)n2[C@H]1c1ccc(OC)cc1. The van der Waals surface area contributed by atoms with Crippen molar-refractivity contribution in [3.63, 3.8) is 0 Å². The minimum Gasteiger partial charge on any atom is -0.497 e. The van der Waals surface area contributed by atoms with Crippen molar-refractivity contribution in [3.8, 4) is 17.2 Å². The highest BCUT2D eigenvalue weighted by Gasteiger charge is 2.35. The van der Waals surface area contributed by atoms with Crippen molar-refractivity contribution < 1.29 is 28.5 Å². The molecule has 0 saturated carbocycles. The number of esters is 1. The van der Waals surface area contributed by atoms with Crippen LogP contribution >= 0.6 is 11.3 Å². The van der Waals surface area contributed by atoms with Gasteiger partial charge in [-0.15, -0.1) is 0 Å². The van der Waals surface area contributed by atoms with Crippen LogP contribution < -0.4 is 29.1 Å². The topological polar surface area (TPSA) is 109 Å². The predicted molar refractivity (Wildman–Crippen MR) is 183 cm³/mol. The molecule has 0 spiro atoms. The quantitative estimate of drug-likeness (QED) is 0.219. The van der Waals surface area contributed by atoms with E-state index in [0.717, 1.165) is 31.5 Å². The molecule has 0 unspecified atom stereocenters. The summed E-state index contributed by atoms with van der Waals surface area (Å²) in [6.07, 6.45) is 3.79. The smallest absolute Gasteiger partial charge is 0.338 e. The van der Waals surface area contributed by atoms with Crippen LogP contribution in [0.15, 0.2) is 88.2 Å². The lowest BCUT2D eigenvalue weighted by molar-refractivity contribution is -0.139. The number of amides is 1. The average Bonchev–Trinajstić information content (AvgIpc) is 3.76. The fourth-order valence-corrected chi connectivity index (χ4v) is 6.89. The van der Waals surface area contributed by atoms with E-state index in [1.807, 2.05) is 60.4 Å².